The zero-order valence-corrected chi connectivity index (χ0v) is 11.8. The van der Waals surface area contributed by atoms with Gasteiger partial charge in [0.1, 0.15) is 5.82 Å². The quantitative estimate of drug-likeness (QED) is 0.929. The van der Waals surface area contributed by atoms with Gasteiger partial charge in [-0.2, -0.15) is 0 Å². The average Bonchev–Trinajstić information content (AvgIpc) is 2.41. The maximum atomic E-state index is 9.45. The van der Waals surface area contributed by atoms with E-state index in [1.807, 2.05) is 48.3 Å². The largest absolute Gasteiger partial charge is 0.389 e. The standard InChI is InChI=1S/C15H17ClN2O/c1-11(19)12-7-8-15(17-9-12)18(2)10-13-5-3-4-6-14(13)16/h3-9,11,19H,10H2,1-2H3/t11-/m1/s1. The number of anilines is 1. The van der Waals surface area contributed by atoms with Gasteiger partial charge in [0.2, 0.25) is 0 Å². The first kappa shape index (κ1) is 13.8. The Bertz CT molecular complexity index is 540. The van der Waals surface area contributed by atoms with Crippen LogP contribution in [0.2, 0.25) is 5.02 Å². The number of hydrogen-bond acceptors (Lipinski definition) is 3. The fourth-order valence-corrected chi connectivity index (χ4v) is 2.03. The highest BCUT2D eigenvalue weighted by atomic mass is 35.5. The number of aliphatic hydroxyl groups is 1. The molecule has 0 saturated carbocycles. The summed E-state index contributed by atoms with van der Waals surface area (Å²) in [5, 5.41) is 10.2. The Morgan fingerprint density at radius 1 is 1.26 bits per heavy atom. The highest BCUT2D eigenvalue weighted by molar-refractivity contribution is 6.31. The zero-order chi connectivity index (χ0) is 13.8. The van der Waals surface area contributed by atoms with Crippen molar-refractivity contribution in [2.75, 3.05) is 11.9 Å². The summed E-state index contributed by atoms with van der Waals surface area (Å²) in [5.74, 6) is 0.851. The van der Waals surface area contributed by atoms with Crippen molar-refractivity contribution in [1.29, 1.82) is 0 Å². The number of halogens is 1. The molecule has 0 spiro atoms. The van der Waals surface area contributed by atoms with E-state index in [0.29, 0.717) is 6.54 Å². The Labute approximate surface area is 118 Å². The maximum Gasteiger partial charge on any atom is 0.128 e. The molecule has 0 radical (unpaired) electrons. The summed E-state index contributed by atoms with van der Waals surface area (Å²) in [4.78, 5) is 6.37. The summed E-state index contributed by atoms with van der Waals surface area (Å²) in [6, 6.07) is 11.6. The van der Waals surface area contributed by atoms with Gasteiger partial charge >= 0.3 is 0 Å². The van der Waals surface area contributed by atoms with Crippen molar-refractivity contribution < 1.29 is 5.11 Å². The first-order valence-electron chi connectivity index (χ1n) is 6.16. The molecule has 19 heavy (non-hydrogen) atoms. The van der Waals surface area contributed by atoms with E-state index in [-0.39, 0.29) is 0 Å². The van der Waals surface area contributed by atoms with Crippen molar-refractivity contribution in [2.24, 2.45) is 0 Å². The van der Waals surface area contributed by atoms with Crippen LogP contribution in [-0.4, -0.2) is 17.1 Å². The molecular weight excluding hydrogens is 260 g/mol. The second kappa shape index (κ2) is 6.04. The van der Waals surface area contributed by atoms with Crippen LogP contribution in [-0.2, 0) is 6.54 Å². The second-order valence-corrected chi connectivity index (χ2v) is 4.98. The lowest BCUT2D eigenvalue weighted by atomic mass is 10.2. The summed E-state index contributed by atoms with van der Waals surface area (Å²) in [7, 11) is 1.97. The van der Waals surface area contributed by atoms with Crippen LogP contribution in [0.5, 0.6) is 0 Å². The van der Waals surface area contributed by atoms with E-state index in [0.717, 1.165) is 22.0 Å². The maximum absolute atomic E-state index is 9.45. The third-order valence-corrected chi connectivity index (χ3v) is 3.38. The van der Waals surface area contributed by atoms with Crippen molar-refractivity contribution in [3.63, 3.8) is 0 Å². The smallest absolute Gasteiger partial charge is 0.128 e. The molecule has 0 aliphatic heterocycles. The summed E-state index contributed by atoms with van der Waals surface area (Å²) in [5.41, 5.74) is 1.88. The first-order chi connectivity index (χ1) is 9.08. The number of nitrogens with zero attached hydrogens (tertiary/aromatic N) is 2. The molecule has 0 unspecified atom stereocenters. The molecule has 0 amide bonds. The molecule has 1 aromatic carbocycles. The number of pyridine rings is 1. The molecule has 0 bridgehead atoms. The molecule has 0 fully saturated rings. The molecule has 0 aliphatic rings. The van der Waals surface area contributed by atoms with E-state index in [4.69, 9.17) is 11.6 Å². The van der Waals surface area contributed by atoms with Crippen molar-refractivity contribution >= 4 is 17.4 Å². The van der Waals surface area contributed by atoms with Crippen LogP contribution in [0, 0.1) is 0 Å². The van der Waals surface area contributed by atoms with Gasteiger partial charge in [0.25, 0.3) is 0 Å². The Morgan fingerprint density at radius 2 is 2.00 bits per heavy atom. The van der Waals surface area contributed by atoms with Crippen LogP contribution < -0.4 is 4.90 Å². The predicted molar refractivity (Wildman–Crippen MR) is 78.4 cm³/mol. The fourth-order valence-electron chi connectivity index (χ4n) is 1.83. The van der Waals surface area contributed by atoms with Crippen molar-refractivity contribution in [3.8, 4) is 0 Å². The molecule has 0 saturated heterocycles. The van der Waals surface area contributed by atoms with Gasteiger partial charge in [0.05, 0.1) is 6.10 Å². The Morgan fingerprint density at radius 3 is 2.58 bits per heavy atom. The summed E-state index contributed by atoms with van der Waals surface area (Å²) in [6.07, 6.45) is 1.21. The Kier molecular flexibility index (Phi) is 4.40. The molecule has 3 nitrogen and oxygen atoms in total. The average molecular weight is 277 g/mol. The molecule has 2 rings (SSSR count). The first-order valence-corrected chi connectivity index (χ1v) is 6.54. The molecular formula is C15H17ClN2O. The molecule has 0 aliphatic carbocycles. The van der Waals surface area contributed by atoms with Gasteiger partial charge in [-0.1, -0.05) is 35.9 Å². The van der Waals surface area contributed by atoms with E-state index >= 15 is 0 Å². The highest BCUT2D eigenvalue weighted by Gasteiger charge is 2.07. The van der Waals surface area contributed by atoms with E-state index in [2.05, 4.69) is 4.98 Å². The SMILES string of the molecule is C[C@@H](O)c1ccc(N(C)Cc2ccccc2Cl)nc1. The lowest BCUT2D eigenvalue weighted by Crippen LogP contribution is -2.17. The lowest BCUT2D eigenvalue weighted by Gasteiger charge is -2.19. The summed E-state index contributed by atoms with van der Waals surface area (Å²) >= 11 is 6.14. The monoisotopic (exact) mass is 276 g/mol. The molecule has 1 aromatic heterocycles. The zero-order valence-electron chi connectivity index (χ0n) is 11.0. The van der Waals surface area contributed by atoms with E-state index in [1.165, 1.54) is 0 Å². The van der Waals surface area contributed by atoms with Crippen molar-refractivity contribution in [1.82, 2.24) is 4.98 Å². The molecule has 100 valence electrons. The van der Waals surface area contributed by atoms with E-state index in [9.17, 15) is 5.11 Å². The van der Waals surface area contributed by atoms with Crippen LogP contribution in [0.15, 0.2) is 42.6 Å². The van der Waals surface area contributed by atoms with Gasteiger partial charge in [-0.25, -0.2) is 4.98 Å². The molecule has 1 heterocycles. The Hall–Kier alpha value is -1.58. The molecule has 1 atom stereocenters. The van der Waals surface area contributed by atoms with Crippen molar-refractivity contribution in [3.05, 3.63) is 58.7 Å². The van der Waals surface area contributed by atoms with Gasteiger partial charge in [0.15, 0.2) is 0 Å². The van der Waals surface area contributed by atoms with E-state index < -0.39 is 6.10 Å². The van der Waals surface area contributed by atoms with Gasteiger partial charge in [0, 0.05) is 24.8 Å². The number of benzene rings is 1. The number of aromatic nitrogens is 1. The van der Waals surface area contributed by atoms with Gasteiger partial charge in [-0.3, -0.25) is 0 Å². The third-order valence-electron chi connectivity index (χ3n) is 3.01. The molecule has 2 aromatic rings. The lowest BCUT2D eigenvalue weighted by molar-refractivity contribution is 0.199. The van der Waals surface area contributed by atoms with Crippen LogP contribution in [0.1, 0.15) is 24.2 Å². The van der Waals surface area contributed by atoms with Gasteiger partial charge in [-0.05, 0) is 30.2 Å². The number of aliphatic hydroxyl groups excluding tert-OH is 1. The highest BCUT2D eigenvalue weighted by Crippen LogP contribution is 2.20. The minimum atomic E-state index is -0.490. The minimum absolute atomic E-state index is 0.490. The topological polar surface area (TPSA) is 36.4 Å². The van der Waals surface area contributed by atoms with Crippen LogP contribution >= 0.6 is 11.6 Å². The molecule has 1 N–H and O–H groups in total. The minimum Gasteiger partial charge on any atom is -0.389 e. The normalized spacial score (nSPS) is 12.2. The third kappa shape index (κ3) is 3.46. The fraction of sp³-hybridized carbons (Fsp3) is 0.267. The number of hydrogen-bond donors (Lipinski definition) is 1. The summed E-state index contributed by atoms with van der Waals surface area (Å²) in [6.45, 7) is 2.42. The van der Waals surface area contributed by atoms with Gasteiger partial charge in [-0.15, -0.1) is 0 Å². The van der Waals surface area contributed by atoms with E-state index in [1.54, 1.807) is 13.1 Å². The number of rotatable bonds is 4. The van der Waals surface area contributed by atoms with Crippen LogP contribution in [0.4, 0.5) is 5.82 Å². The van der Waals surface area contributed by atoms with Gasteiger partial charge < -0.3 is 10.0 Å². The van der Waals surface area contributed by atoms with Crippen molar-refractivity contribution in [2.45, 2.75) is 19.6 Å². The Balaban J connectivity index is 2.12. The summed E-state index contributed by atoms with van der Waals surface area (Å²) < 4.78 is 0. The molecule has 4 heteroatoms. The predicted octanol–water partition coefficient (Wildman–Crippen LogP) is 3.42. The van der Waals surface area contributed by atoms with Crippen LogP contribution in [0.3, 0.4) is 0 Å². The second-order valence-electron chi connectivity index (χ2n) is 4.57. The van der Waals surface area contributed by atoms with Crippen LogP contribution in [0.25, 0.3) is 0 Å².